The number of nitro groups is 2. The minimum Gasteiger partial charge on any atom is -0.411 e. The van der Waals surface area contributed by atoms with E-state index in [1.807, 2.05) is 13.8 Å². The Morgan fingerprint density at radius 2 is 1.18 bits per heavy atom. The van der Waals surface area contributed by atoms with Crippen LogP contribution in [0.3, 0.4) is 0 Å². The van der Waals surface area contributed by atoms with Crippen molar-refractivity contribution in [3.63, 3.8) is 0 Å². The second-order valence-electron chi connectivity index (χ2n) is 6.92. The Kier molecular flexibility index (Phi) is 5.36. The van der Waals surface area contributed by atoms with Crippen molar-refractivity contribution in [2.24, 2.45) is 17.0 Å². The summed E-state index contributed by atoms with van der Waals surface area (Å²) in [7, 11) is 0. The first-order valence-electron chi connectivity index (χ1n) is 8.80. The SMILES string of the molecule is C[C@@H]1C(=NO)[C@@H](C)[C@H](c2ccc([N+](=O)[O-])cc2)N[C@@H]1c1ccc([N+](=O)[O-])cc1. The Bertz CT molecular complexity index is 839. The normalized spacial score (nSPS) is 26.1. The fourth-order valence-electron chi connectivity index (χ4n) is 3.80. The highest BCUT2D eigenvalue weighted by Gasteiger charge is 2.39. The van der Waals surface area contributed by atoms with E-state index in [9.17, 15) is 25.4 Å². The molecule has 4 atom stereocenters. The summed E-state index contributed by atoms with van der Waals surface area (Å²) in [5.41, 5.74) is 2.27. The van der Waals surface area contributed by atoms with E-state index in [2.05, 4.69) is 10.5 Å². The van der Waals surface area contributed by atoms with Crippen LogP contribution in [0.25, 0.3) is 0 Å². The van der Waals surface area contributed by atoms with Crippen molar-refractivity contribution >= 4 is 17.1 Å². The molecule has 9 nitrogen and oxygen atoms in total. The van der Waals surface area contributed by atoms with Gasteiger partial charge in [-0.05, 0) is 11.1 Å². The zero-order valence-electron chi connectivity index (χ0n) is 15.4. The van der Waals surface area contributed by atoms with Crippen molar-refractivity contribution in [3.8, 4) is 0 Å². The second-order valence-corrected chi connectivity index (χ2v) is 6.92. The molecule has 3 rings (SSSR count). The van der Waals surface area contributed by atoms with Crippen molar-refractivity contribution in [3.05, 3.63) is 79.9 Å². The minimum absolute atomic E-state index is 0.00329. The van der Waals surface area contributed by atoms with Crippen LogP contribution in [0.5, 0.6) is 0 Å². The summed E-state index contributed by atoms with van der Waals surface area (Å²) in [5, 5.41) is 38.4. The third-order valence-corrected chi connectivity index (χ3v) is 5.33. The van der Waals surface area contributed by atoms with Crippen LogP contribution in [0.4, 0.5) is 11.4 Å². The monoisotopic (exact) mass is 384 g/mol. The smallest absolute Gasteiger partial charge is 0.269 e. The topological polar surface area (TPSA) is 131 Å². The van der Waals surface area contributed by atoms with Gasteiger partial charge in [-0.15, -0.1) is 0 Å². The highest BCUT2D eigenvalue weighted by atomic mass is 16.6. The molecule has 2 N–H and O–H groups in total. The number of nitrogens with one attached hydrogen (secondary N) is 1. The van der Waals surface area contributed by atoms with Gasteiger partial charge in [0.2, 0.25) is 0 Å². The molecule has 1 saturated heterocycles. The van der Waals surface area contributed by atoms with E-state index in [-0.39, 0.29) is 35.3 Å². The molecule has 28 heavy (non-hydrogen) atoms. The van der Waals surface area contributed by atoms with Gasteiger partial charge in [0.1, 0.15) is 0 Å². The molecule has 2 aromatic rings. The van der Waals surface area contributed by atoms with Gasteiger partial charge in [0.05, 0.1) is 15.6 Å². The summed E-state index contributed by atoms with van der Waals surface area (Å²) >= 11 is 0. The van der Waals surface area contributed by atoms with Crippen LogP contribution in [-0.4, -0.2) is 20.8 Å². The summed E-state index contributed by atoms with van der Waals surface area (Å²) in [6, 6.07) is 12.0. The van der Waals surface area contributed by atoms with Crippen LogP contribution in [0.15, 0.2) is 53.7 Å². The third kappa shape index (κ3) is 3.56. The number of hydrogen-bond acceptors (Lipinski definition) is 7. The molecule has 1 fully saturated rings. The second kappa shape index (κ2) is 7.73. The lowest BCUT2D eigenvalue weighted by Crippen LogP contribution is -2.46. The fourth-order valence-corrected chi connectivity index (χ4v) is 3.80. The fraction of sp³-hybridized carbons (Fsp3) is 0.316. The number of benzene rings is 2. The van der Waals surface area contributed by atoms with E-state index >= 15 is 0 Å². The molecule has 0 amide bonds. The highest BCUT2D eigenvalue weighted by molar-refractivity contribution is 5.90. The standard InChI is InChI=1S/C19H20N4O5/c1-11-17(21-24)12(2)19(14-5-9-16(10-6-14)23(27)28)20-18(11)13-3-7-15(8-4-13)22(25)26/h3-12,18-20,24H,1-2H3/t11-,12-,18-,19+/m1/s1. The van der Waals surface area contributed by atoms with E-state index in [4.69, 9.17) is 0 Å². The number of piperidine rings is 1. The van der Waals surface area contributed by atoms with E-state index in [0.717, 1.165) is 11.1 Å². The maximum Gasteiger partial charge on any atom is 0.269 e. The summed E-state index contributed by atoms with van der Waals surface area (Å²) in [5.74, 6) is -0.286. The molecule has 0 spiro atoms. The van der Waals surface area contributed by atoms with Crippen molar-refractivity contribution in [2.75, 3.05) is 0 Å². The number of nitro benzene ring substituents is 2. The van der Waals surface area contributed by atoms with Gasteiger partial charge in [-0.25, -0.2) is 0 Å². The van der Waals surface area contributed by atoms with Gasteiger partial charge in [0, 0.05) is 48.2 Å². The molecular weight excluding hydrogens is 364 g/mol. The molecule has 1 heterocycles. The summed E-state index contributed by atoms with van der Waals surface area (Å²) < 4.78 is 0. The van der Waals surface area contributed by atoms with Crippen LogP contribution in [0.2, 0.25) is 0 Å². The number of non-ortho nitro benzene ring substituents is 2. The molecule has 0 bridgehead atoms. The number of oxime groups is 1. The maximum atomic E-state index is 10.9. The zero-order chi connectivity index (χ0) is 20.4. The van der Waals surface area contributed by atoms with E-state index in [1.165, 1.54) is 24.3 Å². The lowest BCUT2D eigenvalue weighted by Gasteiger charge is -2.41. The number of nitrogens with zero attached hydrogens (tertiary/aromatic N) is 3. The molecule has 146 valence electrons. The molecule has 9 heteroatoms. The average Bonchev–Trinajstić information content (AvgIpc) is 2.69. The molecule has 0 radical (unpaired) electrons. The highest BCUT2D eigenvalue weighted by Crippen LogP contribution is 2.39. The van der Waals surface area contributed by atoms with Crippen LogP contribution < -0.4 is 5.32 Å². The Labute approximate surface area is 161 Å². The number of rotatable bonds is 4. The minimum atomic E-state index is -0.454. The molecule has 0 aliphatic carbocycles. The average molecular weight is 384 g/mol. The molecule has 0 unspecified atom stereocenters. The molecule has 1 aliphatic heterocycles. The Hall–Kier alpha value is -3.33. The van der Waals surface area contributed by atoms with Gasteiger partial charge in [0.15, 0.2) is 0 Å². The summed E-state index contributed by atoms with van der Waals surface area (Å²) in [6.45, 7) is 3.85. The van der Waals surface area contributed by atoms with Crippen molar-refractivity contribution in [2.45, 2.75) is 25.9 Å². The zero-order valence-corrected chi connectivity index (χ0v) is 15.4. The Morgan fingerprint density at radius 3 is 1.46 bits per heavy atom. The van der Waals surface area contributed by atoms with Gasteiger partial charge in [-0.1, -0.05) is 43.3 Å². The van der Waals surface area contributed by atoms with Crippen LogP contribution >= 0.6 is 0 Å². The summed E-state index contributed by atoms with van der Waals surface area (Å²) in [6.07, 6.45) is 0. The molecule has 1 aliphatic rings. The Morgan fingerprint density at radius 1 is 0.821 bits per heavy atom. The van der Waals surface area contributed by atoms with E-state index in [0.29, 0.717) is 5.71 Å². The van der Waals surface area contributed by atoms with Crippen LogP contribution in [0.1, 0.15) is 37.1 Å². The molecular formula is C19H20N4O5. The third-order valence-electron chi connectivity index (χ3n) is 5.33. The first-order chi connectivity index (χ1) is 13.3. The molecule has 2 aromatic carbocycles. The lowest BCUT2D eigenvalue weighted by molar-refractivity contribution is -0.385. The van der Waals surface area contributed by atoms with Crippen molar-refractivity contribution in [1.29, 1.82) is 0 Å². The predicted octanol–water partition coefficient (Wildman–Crippen LogP) is 3.99. The van der Waals surface area contributed by atoms with Gasteiger partial charge >= 0.3 is 0 Å². The first kappa shape index (κ1) is 19.4. The quantitative estimate of drug-likeness (QED) is 0.465. The Balaban J connectivity index is 1.95. The van der Waals surface area contributed by atoms with Crippen LogP contribution in [0, 0.1) is 32.1 Å². The first-order valence-corrected chi connectivity index (χ1v) is 8.80. The van der Waals surface area contributed by atoms with E-state index in [1.54, 1.807) is 24.3 Å². The van der Waals surface area contributed by atoms with Gasteiger partial charge in [-0.3, -0.25) is 20.2 Å². The van der Waals surface area contributed by atoms with E-state index < -0.39 is 9.85 Å². The molecule has 0 aromatic heterocycles. The largest absolute Gasteiger partial charge is 0.411 e. The molecule has 0 saturated carbocycles. The van der Waals surface area contributed by atoms with Crippen molar-refractivity contribution in [1.82, 2.24) is 5.32 Å². The van der Waals surface area contributed by atoms with Crippen LogP contribution in [-0.2, 0) is 0 Å². The predicted molar refractivity (Wildman–Crippen MR) is 102 cm³/mol. The van der Waals surface area contributed by atoms with Gasteiger partial charge < -0.3 is 10.5 Å². The van der Waals surface area contributed by atoms with Crippen molar-refractivity contribution < 1.29 is 15.1 Å². The van der Waals surface area contributed by atoms with Gasteiger partial charge in [0.25, 0.3) is 11.4 Å². The van der Waals surface area contributed by atoms with Gasteiger partial charge in [-0.2, -0.15) is 0 Å². The number of hydrogen-bond donors (Lipinski definition) is 2. The summed E-state index contributed by atoms with van der Waals surface area (Å²) in [4.78, 5) is 20.9. The lowest BCUT2D eigenvalue weighted by atomic mass is 9.75. The maximum absolute atomic E-state index is 10.9.